The molecule has 6 heteroatoms. The standard InChI is InChI=1S/C21H20FNO2S2/c1-26-20-11-7-18(8-12-20)23(15-16-3-5-17(22)6-4-16)19-9-13-21(14-10-19)27(2,24)25/h3-14H,15H2,1-2H3. The maximum Gasteiger partial charge on any atom is 0.175 e. The first-order valence-corrected chi connectivity index (χ1v) is 11.4. The quantitative estimate of drug-likeness (QED) is 0.526. The molecule has 0 fully saturated rings. The van der Waals surface area contributed by atoms with Crippen LogP contribution in [-0.4, -0.2) is 20.9 Å². The molecule has 0 spiro atoms. The molecule has 0 amide bonds. The molecule has 0 radical (unpaired) electrons. The summed E-state index contributed by atoms with van der Waals surface area (Å²) in [4.78, 5) is 3.52. The van der Waals surface area contributed by atoms with Gasteiger partial charge in [-0.1, -0.05) is 12.1 Å². The van der Waals surface area contributed by atoms with Crippen LogP contribution in [0.1, 0.15) is 5.56 Å². The molecule has 0 unspecified atom stereocenters. The van der Waals surface area contributed by atoms with Crippen LogP contribution in [0.5, 0.6) is 0 Å². The lowest BCUT2D eigenvalue weighted by atomic mass is 10.1. The van der Waals surface area contributed by atoms with Crippen molar-refractivity contribution in [3.63, 3.8) is 0 Å². The van der Waals surface area contributed by atoms with E-state index in [2.05, 4.69) is 4.90 Å². The zero-order valence-electron chi connectivity index (χ0n) is 15.1. The number of sulfone groups is 1. The molecule has 0 aliphatic carbocycles. The molecule has 3 aromatic rings. The van der Waals surface area contributed by atoms with Crippen molar-refractivity contribution in [3.8, 4) is 0 Å². The summed E-state index contributed by atoms with van der Waals surface area (Å²) in [6.45, 7) is 0.539. The van der Waals surface area contributed by atoms with Gasteiger partial charge in [-0.2, -0.15) is 0 Å². The third-order valence-electron chi connectivity index (χ3n) is 4.21. The van der Waals surface area contributed by atoms with Crippen LogP contribution in [0.15, 0.2) is 82.6 Å². The first kappa shape index (κ1) is 19.5. The Labute approximate surface area is 163 Å². The third kappa shape index (κ3) is 4.90. The van der Waals surface area contributed by atoms with Crippen molar-refractivity contribution in [1.29, 1.82) is 0 Å². The van der Waals surface area contributed by atoms with Gasteiger partial charge in [-0.15, -0.1) is 11.8 Å². The Hall–Kier alpha value is -2.31. The van der Waals surface area contributed by atoms with Gasteiger partial charge in [0, 0.05) is 29.1 Å². The monoisotopic (exact) mass is 401 g/mol. The minimum Gasteiger partial charge on any atom is -0.337 e. The lowest BCUT2D eigenvalue weighted by molar-refractivity contribution is 0.602. The van der Waals surface area contributed by atoms with Gasteiger partial charge in [-0.3, -0.25) is 0 Å². The fourth-order valence-corrected chi connectivity index (χ4v) is 3.78. The lowest BCUT2D eigenvalue weighted by Gasteiger charge is -2.25. The van der Waals surface area contributed by atoms with E-state index in [9.17, 15) is 12.8 Å². The Morgan fingerprint density at radius 3 is 1.85 bits per heavy atom. The van der Waals surface area contributed by atoms with Crippen LogP contribution >= 0.6 is 11.8 Å². The molecule has 0 aliphatic rings. The van der Waals surface area contributed by atoms with Crippen LogP contribution < -0.4 is 4.90 Å². The summed E-state index contributed by atoms with van der Waals surface area (Å²) in [6, 6.07) is 21.3. The summed E-state index contributed by atoms with van der Waals surface area (Å²) in [7, 11) is -3.25. The molecule has 0 bridgehead atoms. The minimum atomic E-state index is -3.25. The summed E-state index contributed by atoms with van der Waals surface area (Å²) in [5, 5.41) is 0. The maximum atomic E-state index is 13.2. The van der Waals surface area contributed by atoms with Gasteiger partial charge in [0.1, 0.15) is 5.82 Å². The second-order valence-corrected chi connectivity index (χ2v) is 9.07. The second-order valence-electron chi connectivity index (χ2n) is 6.18. The average Bonchev–Trinajstić information content (AvgIpc) is 2.67. The number of halogens is 1. The fraction of sp³-hybridized carbons (Fsp3) is 0.143. The molecule has 27 heavy (non-hydrogen) atoms. The zero-order valence-corrected chi connectivity index (χ0v) is 16.7. The Bertz CT molecular complexity index is 1000. The van der Waals surface area contributed by atoms with Gasteiger partial charge >= 0.3 is 0 Å². The number of anilines is 2. The SMILES string of the molecule is CSc1ccc(N(Cc2ccc(F)cc2)c2ccc(S(C)(=O)=O)cc2)cc1. The molecular formula is C21H20FNO2S2. The van der Waals surface area contributed by atoms with Crippen LogP contribution in [0.4, 0.5) is 15.8 Å². The Kier molecular flexibility index (Phi) is 5.87. The third-order valence-corrected chi connectivity index (χ3v) is 6.09. The molecule has 3 nitrogen and oxygen atoms in total. The van der Waals surface area contributed by atoms with E-state index < -0.39 is 9.84 Å². The number of rotatable bonds is 6. The number of benzene rings is 3. The first-order valence-electron chi connectivity index (χ1n) is 8.33. The normalized spacial score (nSPS) is 11.4. The summed E-state index contributed by atoms with van der Waals surface area (Å²) in [5.74, 6) is -0.271. The van der Waals surface area contributed by atoms with Gasteiger partial charge in [-0.05, 0) is 72.5 Å². The van der Waals surface area contributed by atoms with Crippen molar-refractivity contribution < 1.29 is 12.8 Å². The number of hydrogen-bond donors (Lipinski definition) is 0. The van der Waals surface area contributed by atoms with Crippen LogP contribution in [0.3, 0.4) is 0 Å². The van der Waals surface area contributed by atoms with E-state index in [1.54, 1.807) is 48.2 Å². The van der Waals surface area contributed by atoms with Gasteiger partial charge in [0.15, 0.2) is 9.84 Å². The van der Waals surface area contributed by atoms with E-state index in [0.29, 0.717) is 6.54 Å². The summed E-state index contributed by atoms with van der Waals surface area (Å²) < 4.78 is 36.7. The summed E-state index contributed by atoms with van der Waals surface area (Å²) in [5.41, 5.74) is 2.80. The second kappa shape index (κ2) is 8.15. The Morgan fingerprint density at radius 1 is 0.852 bits per heavy atom. The van der Waals surface area contributed by atoms with Gasteiger partial charge in [0.2, 0.25) is 0 Å². The van der Waals surface area contributed by atoms with Crippen molar-refractivity contribution in [2.45, 2.75) is 16.3 Å². The average molecular weight is 402 g/mol. The fourth-order valence-electron chi connectivity index (χ4n) is 2.74. The highest BCUT2D eigenvalue weighted by molar-refractivity contribution is 7.98. The molecular weight excluding hydrogens is 381 g/mol. The van der Waals surface area contributed by atoms with E-state index >= 15 is 0 Å². The zero-order chi connectivity index (χ0) is 19.4. The Balaban J connectivity index is 1.98. The van der Waals surface area contributed by atoms with Crippen molar-refractivity contribution in [2.24, 2.45) is 0 Å². The molecule has 3 aromatic carbocycles. The Morgan fingerprint density at radius 2 is 1.37 bits per heavy atom. The summed E-state index contributed by atoms with van der Waals surface area (Å²) in [6.07, 6.45) is 3.22. The van der Waals surface area contributed by atoms with Crippen LogP contribution in [0, 0.1) is 5.82 Å². The highest BCUT2D eigenvalue weighted by atomic mass is 32.2. The van der Waals surface area contributed by atoms with E-state index in [4.69, 9.17) is 0 Å². The molecule has 0 N–H and O–H groups in total. The molecule has 0 aliphatic heterocycles. The van der Waals surface area contributed by atoms with Crippen LogP contribution in [0.25, 0.3) is 0 Å². The topological polar surface area (TPSA) is 37.4 Å². The van der Waals surface area contributed by atoms with Gasteiger partial charge < -0.3 is 4.90 Å². The van der Waals surface area contributed by atoms with Gasteiger partial charge in [0.05, 0.1) is 4.90 Å². The van der Waals surface area contributed by atoms with Crippen molar-refractivity contribution in [3.05, 3.63) is 84.2 Å². The predicted octanol–water partition coefficient (Wildman–Crippen LogP) is 5.29. The number of thioether (sulfide) groups is 1. The van der Waals surface area contributed by atoms with E-state index in [0.717, 1.165) is 21.8 Å². The predicted molar refractivity (Wildman–Crippen MR) is 110 cm³/mol. The van der Waals surface area contributed by atoms with E-state index in [-0.39, 0.29) is 10.7 Å². The van der Waals surface area contributed by atoms with E-state index in [1.165, 1.54) is 18.4 Å². The molecule has 0 heterocycles. The summed E-state index contributed by atoms with van der Waals surface area (Å²) >= 11 is 1.67. The highest BCUT2D eigenvalue weighted by Gasteiger charge is 2.13. The number of hydrogen-bond acceptors (Lipinski definition) is 4. The minimum absolute atomic E-state index is 0.271. The molecule has 0 saturated carbocycles. The molecule has 0 aromatic heterocycles. The molecule has 3 rings (SSSR count). The molecule has 0 atom stereocenters. The van der Waals surface area contributed by atoms with Crippen LogP contribution in [-0.2, 0) is 16.4 Å². The van der Waals surface area contributed by atoms with Crippen LogP contribution in [0.2, 0.25) is 0 Å². The van der Waals surface area contributed by atoms with Crippen molar-refractivity contribution in [2.75, 3.05) is 17.4 Å². The largest absolute Gasteiger partial charge is 0.337 e. The molecule has 140 valence electrons. The first-order chi connectivity index (χ1) is 12.9. The maximum absolute atomic E-state index is 13.2. The van der Waals surface area contributed by atoms with Crippen molar-refractivity contribution >= 4 is 33.0 Å². The van der Waals surface area contributed by atoms with Gasteiger partial charge in [-0.25, -0.2) is 12.8 Å². The lowest BCUT2D eigenvalue weighted by Crippen LogP contribution is -2.16. The highest BCUT2D eigenvalue weighted by Crippen LogP contribution is 2.30. The van der Waals surface area contributed by atoms with Gasteiger partial charge in [0.25, 0.3) is 0 Å². The number of nitrogens with zero attached hydrogens (tertiary/aromatic N) is 1. The smallest absolute Gasteiger partial charge is 0.175 e. The van der Waals surface area contributed by atoms with Crippen molar-refractivity contribution in [1.82, 2.24) is 0 Å². The molecule has 0 saturated heterocycles. The van der Waals surface area contributed by atoms with E-state index in [1.807, 2.05) is 30.5 Å².